The molecule has 0 radical (unpaired) electrons. The van der Waals surface area contributed by atoms with Gasteiger partial charge in [0.2, 0.25) is 5.89 Å². The highest BCUT2D eigenvalue weighted by atomic mass is 16.4. The quantitative estimate of drug-likeness (QED) is 0.807. The zero-order valence-electron chi connectivity index (χ0n) is 9.72. The van der Waals surface area contributed by atoms with Crippen LogP contribution in [0.2, 0.25) is 0 Å². The molecule has 3 nitrogen and oxygen atoms in total. The van der Waals surface area contributed by atoms with E-state index >= 15 is 0 Å². The predicted molar refractivity (Wildman–Crippen MR) is 57.3 cm³/mol. The standard InChI is InChI=1S/C11H20N2O/c1-6-12-8(2)10-13-7-9(14-10)11(3,4)5/h7-8,12H,6H2,1-5H3. The minimum Gasteiger partial charge on any atom is -0.443 e. The molecule has 0 bridgehead atoms. The van der Waals surface area contributed by atoms with Crippen LogP contribution in [0.3, 0.4) is 0 Å². The topological polar surface area (TPSA) is 38.1 Å². The molecule has 0 aliphatic heterocycles. The van der Waals surface area contributed by atoms with Gasteiger partial charge in [-0.1, -0.05) is 27.7 Å². The van der Waals surface area contributed by atoms with Gasteiger partial charge in [0, 0.05) is 5.41 Å². The van der Waals surface area contributed by atoms with E-state index in [4.69, 9.17) is 4.42 Å². The first-order valence-electron chi connectivity index (χ1n) is 5.14. The summed E-state index contributed by atoms with van der Waals surface area (Å²) in [6.45, 7) is 11.4. The average Bonchev–Trinajstić information content (AvgIpc) is 2.51. The van der Waals surface area contributed by atoms with Crippen molar-refractivity contribution in [3.8, 4) is 0 Å². The number of nitrogens with zero attached hydrogens (tertiary/aromatic N) is 1. The molecule has 1 unspecified atom stereocenters. The summed E-state index contributed by atoms with van der Waals surface area (Å²) in [4.78, 5) is 4.27. The van der Waals surface area contributed by atoms with Gasteiger partial charge in [-0.25, -0.2) is 4.98 Å². The van der Waals surface area contributed by atoms with Crippen molar-refractivity contribution in [3.05, 3.63) is 17.8 Å². The summed E-state index contributed by atoms with van der Waals surface area (Å²) >= 11 is 0. The lowest BCUT2D eigenvalue weighted by Crippen LogP contribution is -2.18. The molecule has 0 aromatic carbocycles. The molecule has 80 valence electrons. The third-order valence-corrected chi connectivity index (χ3v) is 2.14. The van der Waals surface area contributed by atoms with Crippen LogP contribution in [0, 0.1) is 0 Å². The van der Waals surface area contributed by atoms with Gasteiger partial charge in [-0.3, -0.25) is 0 Å². The van der Waals surface area contributed by atoms with Crippen molar-refractivity contribution in [2.24, 2.45) is 0 Å². The smallest absolute Gasteiger partial charge is 0.211 e. The maximum Gasteiger partial charge on any atom is 0.211 e. The highest BCUT2D eigenvalue weighted by Gasteiger charge is 2.20. The first kappa shape index (κ1) is 11.2. The third kappa shape index (κ3) is 2.58. The van der Waals surface area contributed by atoms with Gasteiger partial charge in [-0.15, -0.1) is 0 Å². The number of hydrogen-bond donors (Lipinski definition) is 1. The second-order valence-electron chi connectivity index (χ2n) is 4.59. The molecule has 0 spiro atoms. The molecule has 1 aromatic rings. The Morgan fingerprint density at radius 2 is 2.14 bits per heavy atom. The minimum absolute atomic E-state index is 0.0389. The van der Waals surface area contributed by atoms with Crippen LogP contribution in [0.25, 0.3) is 0 Å². The molecule has 1 rings (SSSR count). The molecule has 0 fully saturated rings. The van der Waals surface area contributed by atoms with E-state index in [-0.39, 0.29) is 11.5 Å². The highest BCUT2D eigenvalue weighted by molar-refractivity contribution is 5.07. The SMILES string of the molecule is CCNC(C)c1ncc(C(C)(C)C)o1. The van der Waals surface area contributed by atoms with E-state index in [9.17, 15) is 0 Å². The van der Waals surface area contributed by atoms with Gasteiger partial charge >= 0.3 is 0 Å². The number of aromatic nitrogens is 1. The zero-order chi connectivity index (χ0) is 10.8. The average molecular weight is 196 g/mol. The third-order valence-electron chi connectivity index (χ3n) is 2.14. The maximum absolute atomic E-state index is 5.69. The lowest BCUT2D eigenvalue weighted by atomic mass is 9.94. The Morgan fingerprint density at radius 1 is 1.50 bits per heavy atom. The van der Waals surface area contributed by atoms with Crippen LogP contribution in [0.4, 0.5) is 0 Å². The van der Waals surface area contributed by atoms with Crippen LogP contribution in [0.5, 0.6) is 0 Å². The van der Waals surface area contributed by atoms with Crippen LogP contribution in [-0.2, 0) is 5.41 Å². The van der Waals surface area contributed by atoms with Crippen LogP contribution in [-0.4, -0.2) is 11.5 Å². The first-order valence-corrected chi connectivity index (χ1v) is 5.14. The van der Waals surface area contributed by atoms with Crippen molar-refractivity contribution in [1.29, 1.82) is 0 Å². The molecule has 14 heavy (non-hydrogen) atoms. The fourth-order valence-corrected chi connectivity index (χ4v) is 1.23. The molecule has 0 saturated carbocycles. The highest BCUT2D eigenvalue weighted by Crippen LogP contribution is 2.24. The summed E-state index contributed by atoms with van der Waals surface area (Å²) in [5.41, 5.74) is 0.0389. The Labute approximate surface area is 85.9 Å². The Hall–Kier alpha value is -0.830. The summed E-state index contributed by atoms with van der Waals surface area (Å²) in [6, 6.07) is 0.191. The second kappa shape index (κ2) is 4.13. The Bertz CT molecular complexity index is 286. The second-order valence-corrected chi connectivity index (χ2v) is 4.59. The van der Waals surface area contributed by atoms with Crippen molar-refractivity contribution in [2.45, 2.75) is 46.1 Å². The van der Waals surface area contributed by atoms with Gasteiger partial charge in [0.15, 0.2) is 0 Å². The van der Waals surface area contributed by atoms with Gasteiger partial charge in [0.05, 0.1) is 12.2 Å². The molecule has 0 saturated heterocycles. The van der Waals surface area contributed by atoms with Crippen LogP contribution in [0.1, 0.15) is 52.3 Å². The van der Waals surface area contributed by atoms with Gasteiger partial charge in [0.25, 0.3) is 0 Å². The summed E-state index contributed by atoms with van der Waals surface area (Å²) in [5.74, 6) is 1.72. The number of rotatable bonds is 3. The van der Waals surface area contributed by atoms with Crippen molar-refractivity contribution in [3.63, 3.8) is 0 Å². The van der Waals surface area contributed by atoms with Gasteiger partial charge in [0.1, 0.15) is 5.76 Å². The molecule has 1 atom stereocenters. The van der Waals surface area contributed by atoms with E-state index in [2.05, 4.69) is 44.9 Å². The molecule has 1 N–H and O–H groups in total. The Morgan fingerprint density at radius 3 is 2.57 bits per heavy atom. The van der Waals surface area contributed by atoms with Gasteiger partial charge in [-0.05, 0) is 13.5 Å². The largest absolute Gasteiger partial charge is 0.443 e. The molecule has 0 aliphatic carbocycles. The fourth-order valence-electron chi connectivity index (χ4n) is 1.23. The first-order chi connectivity index (χ1) is 6.45. The predicted octanol–water partition coefficient (Wildman–Crippen LogP) is 2.64. The number of hydrogen-bond acceptors (Lipinski definition) is 3. The zero-order valence-corrected chi connectivity index (χ0v) is 9.72. The van der Waals surface area contributed by atoms with Crippen molar-refractivity contribution < 1.29 is 4.42 Å². The molecule has 1 heterocycles. The molecule has 1 aromatic heterocycles. The van der Waals surface area contributed by atoms with Crippen LogP contribution in [0.15, 0.2) is 10.6 Å². The van der Waals surface area contributed by atoms with Crippen molar-refractivity contribution >= 4 is 0 Å². The maximum atomic E-state index is 5.69. The summed E-state index contributed by atoms with van der Waals surface area (Å²) < 4.78 is 5.69. The van der Waals surface area contributed by atoms with Crippen LogP contribution >= 0.6 is 0 Å². The summed E-state index contributed by atoms with van der Waals surface area (Å²) in [5, 5.41) is 3.27. The number of oxazole rings is 1. The molecule has 3 heteroatoms. The van der Waals surface area contributed by atoms with E-state index in [0.29, 0.717) is 0 Å². The Balaban J connectivity index is 2.78. The van der Waals surface area contributed by atoms with E-state index in [1.54, 1.807) is 0 Å². The molecule has 0 amide bonds. The monoisotopic (exact) mass is 196 g/mol. The fraction of sp³-hybridized carbons (Fsp3) is 0.727. The van der Waals surface area contributed by atoms with E-state index < -0.39 is 0 Å². The molecule has 0 aliphatic rings. The molecular formula is C11H20N2O. The van der Waals surface area contributed by atoms with E-state index in [1.807, 2.05) is 6.20 Å². The van der Waals surface area contributed by atoms with Gasteiger partial charge in [-0.2, -0.15) is 0 Å². The van der Waals surface area contributed by atoms with Gasteiger partial charge < -0.3 is 9.73 Å². The summed E-state index contributed by atoms with van der Waals surface area (Å²) in [6.07, 6.45) is 1.82. The van der Waals surface area contributed by atoms with Crippen molar-refractivity contribution in [2.75, 3.05) is 6.54 Å². The van der Waals surface area contributed by atoms with Crippen molar-refractivity contribution in [1.82, 2.24) is 10.3 Å². The lowest BCUT2D eigenvalue weighted by Gasteiger charge is -2.14. The van der Waals surface area contributed by atoms with E-state index in [1.165, 1.54) is 0 Å². The normalized spacial score (nSPS) is 14.4. The molecular weight excluding hydrogens is 176 g/mol. The van der Waals surface area contributed by atoms with E-state index in [0.717, 1.165) is 18.2 Å². The van der Waals surface area contributed by atoms with Crippen LogP contribution < -0.4 is 5.32 Å². The minimum atomic E-state index is 0.0389. The Kier molecular flexibility index (Phi) is 3.32. The lowest BCUT2D eigenvalue weighted by molar-refractivity contribution is 0.353. The summed E-state index contributed by atoms with van der Waals surface area (Å²) in [7, 11) is 0. The number of nitrogens with one attached hydrogen (secondary N) is 1.